The molecule has 1 aliphatic rings. The van der Waals surface area contributed by atoms with Gasteiger partial charge in [-0.15, -0.1) is 0 Å². The number of aromatic hydroxyl groups is 1. The Hall–Kier alpha value is -3.05. The second-order valence-corrected chi connectivity index (χ2v) is 8.69. The summed E-state index contributed by atoms with van der Waals surface area (Å²) in [6.45, 7) is 7.49. The van der Waals surface area contributed by atoms with Gasteiger partial charge in [-0.1, -0.05) is 23.8 Å². The lowest BCUT2D eigenvalue weighted by Crippen LogP contribution is -2.20. The minimum absolute atomic E-state index is 0.0264. The maximum atomic E-state index is 12.7. The van der Waals surface area contributed by atoms with Gasteiger partial charge >= 0.3 is 0 Å². The maximum Gasteiger partial charge on any atom is 0.170 e. The van der Waals surface area contributed by atoms with Crippen LogP contribution in [0.1, 0.15) is 67.3 Å². The molecule has 0 radical (unpaired) electrons. The zero-order chi connectivity index (χ0) is 22.8. The molecule has 1 atom stereocenters. The highest BCUT2D eigenvalue weighted by molar-refractivity contribution is 6.00. The Balaban J connectivity index is 2.09. The Morgan fingerprint density at radius 2 is 2.00 bits per heavy atom. The molecule has 2 aromatic carbocycles. The molecule has 1 aliphatic heterocycles. The molecule has 0 aromatic heterocycles. The number of phenolic OH excluding ortho intramolecular Hbond substituents is 1. The van der Waals surface area contributed by atoms with Gasteiger partial charge < -0.3 is 19.7 Å². The SMILES string of the molecule is COc1c(C=CC(C)(C)O)cc([C@@H]2CC(=O)c3ccc(O)cc3O2)cc1CC=C(C)C. The number of allylic oxidation sites excluding steroid dienone is 2. The van der Waals surface area contributed by atoms with Crippen LogP contribution in [0.5, 0.6) is 17.2 Å². The summed E-state index contributed by atoms with van der Waals surface area (Å²) in [7, 11) is 1.63. The van der Waals surface area contributed by atoms with Gasteiger partial charge in [-0.05, 0) is 69.5 Å². The molecule has 164 valence electrons. The lowest BCUT2D eigenvalue weighted by atomic mass is 9.92. The number of hydrogen-bond acceptors (Lipinski definition) is 5. The molecule has 3 rings (SSSR count). The van der Waals surface area contributed by atoms with Crippen molar-refractivity contribution < 1.29 is 24.5 Å². The number of carbonyl (C=O) groups is 1. The van der Waals surface area contributed by atoms with Crippen LogP contribution >= 0.6 is 0 Å². The number of carbonyl (C=O) groups excluding carboxylic acids is 1. The Morgan fingerprint density at radius 1 is 1.26 bits per heavy atom. The number of hydrogen-bond donors (Lipinski definition) is 2. The highest BCUT2D eigenvalue weighted by Crippen LogP contribution is 2.39. The molecule has 0 saturated carbocycles. The quantitative estimate of drug-likeness (QED) is 0.610. The Morgan fingerprint density at radius 3 is 2.65 bits per heavy atom. The topological polar surface area (TPSA) is 76.0 Å². The van der Waals surface area contributed by atoms with Crippen LogP contribution in [0.4, 0.5) is 0 Å². The number of ether oxygens (including phenoxy) is 2. The van der Waals surface area contributed by atoms with E-state index in [-0.39, 0.29) is 18.0 Å². The molecule has 5 heteroatoms. The summed E-state index contributed by atoms with van der Waals surface area (Å²) in [5.74, 6) is 1.14. The molecule has 0 spiro atoms. The molecule has 0 fully saturated rings. The van der Waals surface area contributed by atoms with Gasteiger partial charge in [0.25, 0.3) is 0 Å². The van der Waals surface area contributed by atoms with Crippen molar-refractivity contribution in [2.75, 3.05) is 7.11 Å². The molecule has 31 heavy (non-hydrogen) atoms. The summed E-state index contributed by atoms with van der Waals surface area (Å²) < 4.78 is 11.8. The average Bonchev–Trinajstić information content (AvgIpc) is 2.69. The van der Waals surface area contributed by atoms with Crippen LogP contribution in [0.3, 0.4) is 0 Å². The van der Waals surface area contributed by atoms with Gasteiger partial charge in [0.15, 0.2) is 5.78 Å². The molecule has 0 unspecified atom stereocenters. The predicted octanol–water partition coefficient (Wildman–Crippen LogP) is 5.40. The van der Waals surface area contributed by atoms with E-state index in [1.165, 1.54) is 17.7 Å². The molecule has 0 amide bonds. The molecule has 2 aromatic rings. The first kappa shape index (κ1) is 22.6. The van der Waals surface area contributed by atoms with Gasteiger partial charge in [0.1, 0.15) is 23.4 Å². The largest absolute Gasteiger partial charge is 0.508 e. The van der Waals surface area contributed by atoms with Gasteiger partial charge in [0, 0.05) is 11.6 Å². The van der Waals surface area contributed by atoms with Crippen molar-refractivity contribution in [3.63, 3.8) is 0 Å². The summed E-state index contributed by atoms with van der Waals surface area (Å²) in [5.41, 5.74) is 3.31. The highest BCUT2D eigenvalue weighted by atomic mass is 16.5. The first-order valence-corrected chi connectivity index (χ1v) is 10.4. The van der Waals surface area contributed by atoms with Crippen molar-refractivity contribution in [1.29, 1.82) is 0 Å². The van der Waals surface area contributed by atoms with Crippen LogP contribution in [-0.2, 0) is 6.42 Å². The molecular weight excluding hydrogens is 392 g/mol. The standard InChI is InChI=1S/C26H30O5/c1-16(2)6-7-17-12-19(13-18(25(17)30-5)10-11-26(3,4)29)23-15-22(28)21-9-8-20(27)14-24(21)31-23/h6,8-14,23,27,29H,7,15H2,1-5H3/t23-/m0/s1. The van der Waals surface area contributed by atoms with E-state index in [9.17, 15) is 15.0 Å². The monoisotopic (exact) mass is 422 g/mol. The van der Waals surface area contributed by atoms with Crippen molar-refractivity contribution in [3.05, 3.63) is 70.3 Å². The maximum absolute atomic E-state index is 12.7. The molecule has 5 nitrogen and oxygen atoms in total. The second kappa shape index (κ2) is 8.98. The third-order valence-corrected chi connectivity index (χ3v) is 5.10. The van der Waals surface area contributed by atoms with Crippen molar-refractivity contribution in [2.45, 2.75) is 52.2 Å². The fraction of sp³-hybridized carbons (Fsp3) is 0.346. The summed E-state index contributed by atoms with van der Waals surface area (Å²) in [6, 6.07) is 8.49. The molecule has 1 heterocycles. The lowest BCUT2D eigenvalue weighted by Gasteiger charge is -2.27. The Labute approximate surface area is 183 Å². The van der Waals surface area contributed by atoms with E-state index in [2.05, 4.69) is 6.08 Å². The number of benzene rings is 2. The van der Waals surface area contributed by atoms with E-state index in [4.69, 9.17) is 9.47 Å². The average molecular weight is 423 g/mol. The number of phenols is 1. The van der Waals surface area contributed by atoms with Gasteiger partial charge in [0.05, 0.1) is 24.7 Å². The van der Waals surface area contributed by atoms with Crippen molar-refractivity contribution in [1.82, 2.24) is 0 Å². The van der Waals surface area contributed by atoms with Crippen molar-refractivity contribution in [2.24, 2.45) is 0 Å². The summed E-state index contributed by atoms with van der Waals surface area (Å²) in [6.07, 6.45) is 6.05. The van der Waals surface area contributed by atoms with E-state index < -0.39 is 11.7 Å². The molecule has 0 saturated heterocycles. The zero-order valence-corrected chi connectivity index (χ0v) is 18.7. The van der Waals surface area contributed by atoms with Gasteiger partial charge in [-0.3, -0.25) is 4.79 Å². The molecule has 2 N–H and O–H groups in total. The summed E-state index contributed by atoms with van der Waals surface area (Å²) in [5, 5.41) is 20.0. The van der Waals surface area contributed by atoms with Crippen LogP contribution in [0.25, 0.3) is 6.08 Å². The molecule has 0 aliphatic carbocycles. The zero-order valence-electron chi connectivity index (χ0n) is 18.7. The Kier molecular flexibility index (Phi) is 6.56. The summed E-state index contributed by atoms with van der Waals surface area (Å²) in [4.78, 5) is 12.7. The lowest BCUT2D eigenvalue weighted by molar-refractivity contribution is 0.0849. The first-order valence-electron chi connectivity index (χ1n) is 10.4. The van der Waals surface area contributed by atoms with Gasteiger partial charge in [-0.25, -0.2) is 0 Å². The Bertz CT molecular complexity index is 1040. The minimum Gasteiger partial charge on any atom is -0.508 e. The van der Waals surface area contributed by atoms with E-state index in [1.54, 1.807) is 33.1 Å². The number of ketones is 1. The normalized spacial score (nSPS) is 16.1. The van der Waals surface area contributed by atoms with Crippen LogP contribution in [0.2, 0.25) is 0 Å². The number of fused-ring (bicyclic) bond motifs is 1. The van der Waals surface area contributed by atoms with Crippen LogP contribution in [-0.4, -0.2) is 28.7 Å². The number of Topliss-reactive ketones (excluding diaryl/α,β-unsaturated/α-hetero) is 1. The summed E-state index contributed by atoms with van der Waals surface area (Å²) >= 11 is 0. The van der Waals surface area contributed by atoms with E-state index in [0.717, 1.165) is 22.4 Å². The highest BCUT2D eigenvalue weighted by Gasteiger charge is 2.29. The third kappa shape index (κ3) is 5.56. The van der Waals surface area contributed by atoms with Crippen molar-refractivity contribution in [3.8, 4) is 17.2 Å². The number of rotatable bonds is 6. The first-order chi connectivity index (χ1) is 14.6. The van der Waals surface area contributed by atoms with Crippen LogP contribution < -0.4 is 9.47 Å². The fourth-order valence-corrected chi connectivity index (χ4v) is 3.56. The second-order valence-electron chi connectivity index (χ2n) is 8.69. The predicted molar refractivity (Wildman–Crippen MR) is 122 cm³/mol. The van der Waals surface area contributed by atoms with Gasteiger partial charge in [0.2, 0.25) is 0 Å². The van der Waals surface area contributed by atoms with Crippen LogP contribution in [0.15, 0.2) is 48.1 Å². The van der Waals surface area contributed by atoms with E-state index in [0.29, 0.717) is 17.7 Å². The van der Waals surface area contributed by atoms with Gasteiger partial charge in [-0.2, -0.15) is 0 Å². The number of methoxy groups -OCH3 is 1. The van der Waals surface area contributed by atoms with E-state index >= 15 is 0 Å². The minimum atomic E-state index is -0.977. The van der Waals surface area contributed by atoms with Crippen LogP contribution in [0, 0.1) is 0 Å². The third-order valence-electron chi connectivity index (χ3n) is 5.10. The number of aliphatic hydroxyl groups is 1. The van der Waals surface area contributed by atoms with E-state index in [1.807, 2.05) is 32.1 Å². The molecule has 0 bridgehead atoms. The fourth-order valence-electron chi connectivity index (χ4n) is 3.56. The smallest absolute Gasteiger partial charge is 0.170 e. The molecular formula is C26H30O5. The van der Waals surface area contributed by atoms with Crippen molar-refractivity contribution >= 4 is 11.9 Å².